The predicted molar refractivity (Wildman–Crippen MR) is 102 cm³/mol. The molecule has 0 aliphatic carbocycles. The van der Waals surface area contributed by atoms with Gasteiger partial charge in [0, 0.05) is 32.8 Å². The number of nitrogens with one attached hydrogen (secondary N) is 1. The van der Waals surface area contributed by atoms with Crippen molar-refractivity contribution in [3.8, 4) is 0 Å². The molecule has 2 rings (SSSR count). The van der Waals surface area contributed by atoms with Crippen molar-refractivity contribution in [2.75, 3.05) is 59.2 Å². The number of rotatable bonds is 11. The van der Waals surface area contributed by atoms with Gasteiger partial charge in [0.1, 0.15) is 0 Å². The highest BCUT2D eigenvalue weighted by molar-refractivity contribution is 5.77. The van der Waals surface area contributed by atoms with E-state index < -0.39 is 0 Å². The minimum Gasteiger partial charge on any atom is -0.381 e. The first kappa shape index (κ1) is 19.7. The van der Waals surface area contributed by atoms with Crippen LogP contribution in [0.15, 0.2) is 35.3 Å². The van der Waals surface area contributed by atoms with E-state index in [9.17, 15) is 0 Å². The van der Waals surface area contributed by atoms with Crippen LogP contribution in [0.3, 0.4) is 0 Å². The van der Waals surface area contributed by atoms with Gasteiger partial charge in [-0.3, -0.25) is 9.89 Å². The molecule has 6 nitrogen and oxygen atoms in total. The summed E-state index contributed by atoms with van der Waals surface area (Å²) in [7, 11) is 0. The predicted octanol–water partition coefficient (Wildman–Crippen LogP) is 1.26. The van der Waals surface area contributed by atoms with Gasteiger partial charge in [0.15, 0.2) is 5.96 Å². The fourth-order valence-electron chi connectivity index (χ4n) is 2.70. The zero-order chi connectivity index (χ0) is 17.6. The van der Waals surface area contributed by atoms with Crippen molar-refractivity contribution in [1.82, 2.24) is 10.2 Å². The van der Waals surface area contributed by atoms with Crippen LogP contribution < -0.4 is 11.1 Å². The zero-order valence-electron chi connectivity index (χ0n) is 15.2. The zero-order valence-corrected chi connectivity index (χ0v) is 15.2. The van der Waals surface area contributed by atoms with Crippen molar-refractivity contribution >= 4 is 5.96 Å². The molecular formula is C19H32N4O2. The quantitative estimate of drug-likeness (QED) is 0.358. The molecule has 6 heteroatoms. The highest BCUT2D eigenvalue weighted by atomic mass is 16.5. The van der Waals surface area contributed by atoms with Gasteiger partial charge in [-0.1, -0.05) is 30.3 Å². The maximum atomic E-state index is 5.87. The third-order valence-electron chi connectivity index (χ3n) is 4.17. The van der Waals surface area contributed by atoms with Crippen LogP contribution in [0.1, 0.15) is 18.4 Å². The average molecular weight is 348 g/mol. The largest absolute Gasteiger partial charge is 0.381 e. The molecule has 0 amide bonds. The van der Waals surface area contributed by atoms with E-state index in [1.165, 1.54) is 5.56 Å². The summed E-state index contributed by atoms with van der Waals surface area (Å²) >= 11 is 0. The Morgan fingerprint density at radius 2 is 1.96 bits per heavy atom. The van der Waals surface area contributed by atoms with E-state index in [-0.39, 0.29) is 0 Å². The number of ether oxygens (including phenoxy) is 2. The average Bonchev–Trinajstić information content (AvgIpc) is 2.66. The van der Waals surface area contributed by atoms with Gasteiger partial charge >= 0.3 is 0 Å². The molecule has 140 valence electrons. The van der Waals surface area contributed by atoms with Gasteiger partial charge < -0.3 is 20.5 Å². The van der Waals surface area contributed by atoms with Crippen LogP contribution in [0.5, 0.6) is 0 Å². The van der Waals surface area contributed by atoms with E-state index in [0.29, 0.717) is 12.5 Å². The molecule has 1 aromatic carbocycles. The lowest BCUT2D eigenvalue weighted by molar-refractivity contribution is 0.0376. The highest BCUT2D eigenvalue weighted by Gasteiger charge is 2.08. The first-order chi connectivity index (χ1) is 12.3. The first-order valence-corrected chi connectivity index (χ1v) is 9.30. The maximum absolute atomic E-state index is 5.87. The van der Waals surface area contributed by atoms with Gasteiger partial charge in [0.25, 0.3) is 0 Å². The van der Waals surface area contributed by atoms with Crippen molar-refractivity contribution in [1.29, 1.82) is 0 Å². The molecule has 1 saturated heterocycles. The Morgan fingerprint density at radius 1 is 1.16 bits per heavy atom. The molecule has 1 heterocycles. The normalized spacial score (nSPS) is 16.1. The molecule has 0 aromatic heterocycles. The second-order valence-electron chi connectivity index (χ2n) is 6.20. The lowest BCUT2D eigenvalue weighted by atomic mass is 10.2. The van der Waals surface area contributed by atoms with E-state index in [2.05, 4.69) is 39.5 Å². The van der Waals surface area contributed by atoms with Crippen LogP contribution in [-0.2, 0) is 15.9 Å². The standard InChI is InChI=1S/C19H32N4O2/c20-19(21-9-4-11-23-12-16-25-17-13-23)22-10-5-14-24-15-8-18-6-2-1-3-7-18/h1-3,6-7H,4-5,8-17H2,(H3,20,21,22). The smallest absolute Gasteiger partial charge is 0.188 e. The monoisotopic (exact) mass is 348 g/mol. The SMILES string of the molecule is NC(=NCCCOCCc1ccccc1)NCCCN1CCOCC1. The summed E-state index contributed by atoms with van der Waals surface area (Å²) in [5.41, 5.74) is 7.19. The van der Waals surface area contributed by atoms with Crippen LogP contribution in [-0.4, -0.2) is 70.0 Å². The molecule has 3 N–H and O–H groups in total. The number of nitrogens with two attached hydrogens (primary N) is 1. The Bertz CT molecular complexity index is 476. The molecule has 0 atom stereocenters. The second-order valence-corrected chi connectivity index (χ2v) is 6.20. The van der Waals surface area contributed by atoms with Crippen LogP contribution in [0.4, 0.5) is 0 Å². The topological polar surface area (TPSA) is 72.1 Å². The van der Waals surface area contributed by atoms with Gasteiger partial charge in [-0.25, -0.2) is 0 Å². The molecule has 1 fully saturated rings. The van der Waals surface area contributed by atoms with E-state index >= 15 is 0 Å². The number of morpholine rings is 1. The van der Waals surface area contributed by atoms with Crippen molar-refractivity contribution in [2.45, 2.75) is 19.3 Å². The molecule has 25 heavy (non-hydrogen) atoms. The molecule has 0 unspecified atom stereocenters. The molecule has 0 spiro atoms. The van der Waals surface area contributed by atoms with Gasteiger partial charge in [0.2, 0.25) is 0 Å². The highest BCUT2D eigenvalue weighted by Crippen LogP contribution is 2.00. The Labute approximate surface area is 151 Å². The van der Waals surface area contributed by atoms with Crippen molar-refractivity contribution < 1.29 is 9.47 Å². The summed E-state index contributed by atoms with van der Waals surface area (Å²) in [6.45, 7) is 7.90. The fraction of sp³-hybridized carbons (Fsp3) is 0.632. The Kier molecular flexibility index (Phi) is 10.00. The summed E-state index contributed by atoms with van der Waals surface area (Å²) in [6.07, 6.45) is 2.92. The number of benzene rings is 1. The summed E-state index contributed by atoms with van der Waals surface area (Å²) in [6, 6.07) is 10.4. The molecular weight excluding hydrogens is 316 g/mol. The molecule has 1 aliphatic heterocycles. The van der Waals surface area contributed by atoms with E-state index in [0.717, 1.165) is 71.9 Å². The third kappa shape index (κ3) is 9.43. The lowest BCUT2D eigenvalue weighted by Crippen LogP contribution is -2.39. The Balaban J connectivity index is 1.40. The van der Waals surface area contributed by atoms with Crippen molar-refractivity contribution in [3.05, 3.63) is 35.9 Å². The number of hydrogen-bond donors (Lipinski definition) is 2. The second kappa shape index (κ2) is 12.7. The number of hydrogen-bond acceptors (Lipinski definition) is 4. The van der Waals surface area contributed by atoms with E-state index in [1.54, 1.807) is 0 Å². The Morgan fingerprint density at radius 3 is 2.76 bits per heavy atom. The fourth-order valence-corrected chi connectivity index (χ4v) is 2.70. The van der Waals surface area contributed by atoms with Gasteiger partial charge in [0.05, 0.1) is 19.8 Å². The van der Waals surface area contributed by atoms with Crippen LogP contribution in [0, 0.1) is 0 Å². The molecule has 0 bridgehead atoms. The minimum absolute atomic E-state index is 0.534. The summed E-state index contributed by atoms with van der Waals surface area (Å²) < 4.78 is 11.0. The van der Waals surface area contributed by atoms with Crippen molar-refractivity contribution in [3.63, 3.8) is 0 Å². The lowest BCUT2D eigenvalue weighted by Gasteiger charge is -2.26. The van der Waals surface area contributed by atoms with E-state index in [1.807, 2.05) is 6.07 Å². The summed E-state index contributed by atoms with van der Waals surface area (Å²) in [5.74, 6) is 0.534. The van der Waals surface area contributed by atoms with Crippen LogP contribution in [0.25, 0.3) is 0 Å². The maximum Gasteiger partial charge on any atom is 0.188 e. The summed E-state index contributed by atoms with van der Waals surface area (Å²) in [5, 5.41) is 3.17. The number of aliphatic imine (C=N–C) groups is 1. The first-order valence-electron chi connectivity index (χ1n) is 9.30. The van der Waals surface area contributed by atoms with Crippen molar-refractivity contribution in [2.24, 2.45) is 10.7 Å². The number of nitrogens with zero attached hydrogens (tertiary/aromatic N) is 2. The van der Waals surface area contributed by atoms with Gasteiger partial charge in [-0.15, -0.1) is 0 Å². The Hall–Kier alpha value is -1.63. The molecule has 1 aromatic rings. The third-order valence-corrected chi connectivity index (χ3v) is 4.17. The molecule has 0 saturated carbocycles. The van der Waals surface area contributed by atoms with Gasteiger partial charge in [-0.05, 0) is 31.4 Å². The molecule has 0 radical (unpaired) electrons. The van der Waals surface area contributed by atoms with E-state index in [4.69, 9.17) is 15.2 Å². The van der Waals surface area contributed by atoms with Crippen LogP contribution in [0.2, 0.25) is 0 Å². The minimum atomic E-state index is 0.534. The van der Waals surface area contributed by atoms with Crippen LogP contribution >= 0.6 is 0 Å². The van der Waals surface area contributed by atoms with Gasteiger partial charge in [-0.2, -0.15) is 0 Å². The number of guanidine groups is 1. The molecule has 1 aliphatic rings. The summed E-state index contributed by atoms with van der Waals surface area (Å²) in [4.78, 5) is 6.76.